The summed E-state index contributed by atoms with van der Waals surface area (Å²) in [6.07, 6.45) is 3.13. The number of hydrogen-bond donors (Lipinski definition) is 2. The lowest BCUT2D eigenvalue weighted by Gasteiger charge is -2.14. The smallest absolute Gasteiger partial charge is 0.234 e. The normalized spacial score (nSPS) is 14.8. The van der Waals surface area contributed by atoms with Crippen molar-refractivity contribution in [2.75, 3.05) is 6.54 Å². The number of carbonyl (C=O) groups excluding carboxylic acids is 1. The van der Waals surface area contributed by atoms with E-state index in [1.165, 1.54) is 5.56 Å². The van der Waals surface area contributed by atoms with Crippen molar-refractivity contribution < 1.29 is 9.53 Å². The third-order valence-electron chi connectivity index (χ3n) is 4.27. The highest BCUT2D eigenvalue weighted by molar-refractivity contribution is 5.78. The van der Waals surface area contributed by atoms with Gasteiger partial charge in [0.2, 0.25) is 5.91 Å². The van der Waals surface area contributed by atoms with Crippen LogP contribution in [0.3, 0.4) is 0 Å². The molecule has 0 saturated heterocycles. The molecule has 0 spiro atoms. The summed E-state index contributed by atoms with van der Waals surface area (Å²) in [5.74, 6) is 0.969. The van der Waals surface area contributed by atoms with Crippen molar-refractivity contribution in [3.05, 3.63) is 65.7 Å². The van der Waals surface area contributed by atoms with Crippen molar-refractivity contribution in [3.8, 4) is 5.75 Å². The average Bonchev–Trinajstić information content (AvgIpc) is 3.44. The van der Waals surface area contributed by atoms with Crippen LogP contribution in [0.4, 0.5) is 0 Å². The van der Waals surface area contributed by atoms with Gasteiger partial charge in [0.25, 0.3) is 0 Å². The molecular weight excluding hydrogens is 312 g/mol. The molecular formula is C21H26N2O2. The summed E-state index contributed by atoms with van der Waals surface area (Å²) in [6, 6.07) is 19.0. The molecule has 2 aromatic rings. The second kappa shape index (κ2) is 8.67. The zero-order chi connectivity index (χ0) is 17.5. The van der Waals surface area contributed by atoms with Crippen LogP contribution in [0.25, 0.3) is 0 Å². The zero-order valence-electron chi connectivity index (χ0n) is 14.7. The molecule has 0 radical (unpaired) electrons. The summed E-state index contributed by atoms with van der Waals surface area (Å²) in [5.41, 5.74) is 2.39. The third kappa shape index (κ3) is 6.24. The third-order valence-corrected chi connectivity index (χ3v) is 4.27. The number of ether oxygens (including phenoxy) is 1. The average molecular weight is 338 g/mol. The summed E-state index contributed by atoms with van der Waals surface area (Å²) in [6.45, 7) is 3.06. The van der Waals surface area contributed by atoms with E-state index in [9.17, 15) is 4.79 Å². The molecule has 4 nitrogen and oxygen atoms in total. The maximum Gasteiger partial charge on any atom is 0.234 e. The molecule has 132 valence electrons. The Morgan fingerprint density at radius 2 is 1.80 bits per heavy atom. The molecule has 1 saturated carbocycles. The van der Waals surface area contributed by atoms with Gasteiger partial charge in [0, 0.05) is 12.1 Å². The number of hydrogen-bond acceptors (Lipinski definition) is 3. The van der Waals surface area contributed by atoms with E-state index in [0.717, 1.165) is 30.6 Å². The van der Waals surface area contributed by atoms with Crippen LogP contribution in [-0.2, 0) is 17.8 Å². The van der Waals surface area contributed by atoms with Crippen LogP contribution in [0.1, 0.15) is 30.9 Å². The lowest BCUT2D eigenvalue weighted by molar-refractivity contribution is -0.120. The van der Waals surface area contributed by atoms with Gasteiger partial charge < -0.3 is 15.4 Å². The summed E-state index contributed by atoms with van der Waals surface area (Å²) >= 11 is 0. The first kappa shape index (κ1) is 17.5. The monoisotopic (exact) mass is 338 g/mol. The van der Waals surface area contributed by atoms with Gasteiger partial charge in [-0.2, -0.15) is 0 Å². The first-order valence-corrected chi connectivity index (χ1v) is 8.97. The quantitative estimate of drug-likeness (QED) is 0.739. The highest BCUT2D eigenvalue weighted by atomic mass is 16.5. The molecule has 4 heteroatoms. The first-order valence-electron chi connectivity index (χ1n) is 8.97. The minimum atomic E-state index is 0.0963. The Labute approximate surface area is 149 Å². The highest BCUT2D eigenvalue weighted by Gasteiger charge is 2.22. The van der Waals surface area contributed by atoms with Crippen molar-refractivity contribution in [1.29, 1.82) is 0 Å². The molecule has 0 bridgehead atoms. The Balaban J connectivity index is 1.39. The lowest BCUT2D eigenvalue weighted by Crippen LogP contribution is -2.39. The van der Waals surface area contributed by atoms with Crippen LogP contribution >= 0.6 is 0 Å². The van der Waals surface area contributed by atoms with Gasteiger partial charge in [-0.3, -0.25) is 4.79 Å². The van der Waals surface area contributed by atoms with Crippen molar-refractivity contribution in [3.63, 3.8) is 0 Å². The first-order chi connectivity index (χ1) is 12.2. The largest absolute Gasteiger partial charge is 0.489 e. The highest BCUT2D eigenvalue weighted by Crippen LogP contribution is 2.18. The number of amides is 1. The minimum Gasteiger partial charge on any atom is -0.489 e. The maximum atomic E-state index is 11.7. The van der Waals surface area contributed by atoms with E-state index in [2.05, 4.69) is 41.8 Å². The Kier molecular flexibility index (Phi) is 6.07. The standard InChI is InChI=1S/C21H26N2O2/c1-16(22-14-21(24)23-19-9-10-19)13-17-7-11-20(12-8-17)25-15-18-5-3-2-4-6-18/h2-8,11-12,16,19,22H,9-10,13-15H2,1H3,(H,23,24). The van der Waals surface area contributed by atoms with Crippen LogP contribution in [0.5, 0.6) is 5.75 Å². The SMILES string of the molecule is CC(Cc1ccc(OCc2ccccc2)cc1)NCC(=O)NC1CC1. The molecule has 2 N–H and O–H groups in total. The molecule has 2 aromatic carbocycles. The Bertz CT molecular complexity index is 666. The molecule has 0 heterocycles. The predicted molar refractivity (Wildman–Crippen MR) is 99.5 cm³/mol. The second-order valence-electron chi connectivity index (χ2n) is 6.75. The molecule has 0 aromatic heterocycles. The van der Waals surface area contributed by atoms with Crippen molar-refractivity contribution in [2.24, 2.45) is 0 Å². The Hall–Kier alpha value is -2.33. The second-order valence-corrected chi connectivity index (χ2v) is 6.75. The Morgan fingerprint density at radius 1 is 1.08 bits per heavy atom. The van der Waals surface area contributed by atoms with E-state index >= 15 is 0 Å². The van der Waals surface area contributed by atoms with Gasteiger partial charge in [0.1, 0.15) is 12.4 Å². The summed E-state index contributed by atoms with van der Waals surface area (Å²) in [5, 5.41) is 6.27. The molecule has 25 heavy (non-hydrogen) atoms. The van der Waals surface area contributed by atoms with Gasteiger partial charge in [-0.25, -0.2) is 0 Å². The van der Waals surface area contributed by atoms with Gasteiger partial charge in [-0.05, 0) is 49.4 Å². The van der Waals surface area contributed by atoms with Crippen LogP contribution < -0.4 is 15.4 Å². The molecule has 1 aliphatic rings. The van der Waals surface area contributed by atoms with Gasteiger partial charge in [-0.1, -0.05) is 42.5 Å². The van der Waals surface area contributed by atoms with E-state index < -0.39 is 0 Å². The molecule has 1 atom stereocenters. The van der Waals surface area contributed by atoms with Gasteiger partial charge >= 0.3 is 0 Å². The van der Waals surface area contributed by atoms with Gasteiger partial charge in [0.15, 0.2) is 0 Å². The van der Waals surface area contributed by atoms with Crippen LogP contribution in [0, 0.1) is 0 Å². The van der Waals surface area contributed by atoms with Gasteiger partial charge in [-0.15, -0.1) is 0 Å². The molecule has 0 aliphatic heterocycles. The van der Waals surface area contributed by atoms with Crippen molar-refractivity contribution in [1.82, 2.24) is 10.6 Å². The van der Waals surface area contributed by atoms with Crippen LogP contribution in [0.2, 0.25) is 0 Å². The van der Waals surface area contributed by atoms with E-state index in [1.807, 2.05) is 30.3 Å². The fourth-order valence-corrected chi connectivity index (χ4v) is 2.66. The van der Waals surface area contributed by atoms with E-state index in [-0.39, 0.29) is 11.9 Å². The van der Waals surface area contributed by atoms with Crippen molar-refractivity contribution >= 4 is 5.91 Å². The summed E-state index contributed by atoms with van der Waals surface area (Å²) in [4.78, 5) is 11.7. The fraction of sp³-hybridized carbons (Fsp3) is 0.381. The summed E-state index contributed by atoms with van der Waals surface area (Å²) in [7, 11) is 0. The van der Waals surface area contributed by atoms with E-state index in [0.29, 0.717) is 19.2 Å². The van der Waals surface area contributed by atoms with Crippen molar-refractivity contribution in [2.45, 2.75) is 44.9 Å². The maximum absolute atomic E-state index is 11.7. The minimum absolute atomic E-state index is 0.0963. The number of nitrogens with one attached hydrogen (secondary N) is 2. The number of carbonyl (C=O) groups is 1. The fourth-order valence-electron chi connectivity index (χ4n) is 2.66. The van der Waals surface area contributed by atoms with Gasteiger partial charge in [0.05, 0.1) is 6.54 Å². The number of benzene rings is 2. The predicted octanol–water partition coefficient (Wildman–Crippen LogP) is 3.06. The topological polar surface area (TPSA) is 50.4 Å². The van der Waals surface area contributed by atoms with E-state index in [4.69, 9.17) is 4.74 Å². The molecule has 1 fully saturated rings. The molecule has 3 rings (SSSR count). The zero-order valence-corrected chi connectivity index (χ0v) is 14.7. The molecule has 1 aliphatic carbocycles. The van der Waals surface area contributed by atoms with Crippen LogP contribution in [-0.4, -0.2) is 24.5 Å². The Morgan fingerprint density at radius 3 is 2.48 bits per heavy atom. The molecule has 1 unspecified atom stereocenters. The number of rotatable bonds is 9. The van der Waals surface area contributed by atoms with Crippen LogP contribution in [0.15, 0.2) is 54.6 Å². The lowest BCUT2D eigenvalue weighted by atomic mass is 10.1. The molecule has 1 amide bonds. The van der Waals surface area contributed by atoms with E-state index in [1.54, 1.807) is 0 Å². The summed E-state index contributed by atoms with van der Waals surface area (Å²) < 4.78 is 5.81.